The Balaban J connectivity index is 1.63. The molecule has 0 heterocycles. The monoisotopic (exact) mass is 322 g/mol. The van der Waals surface area contributed by atoms with Crippen LogP contribution in [0.1, 0.15) is 43.4 Å². The summed E-state index contributed by atoms with van der Waals surface area (Å²) in [6, 6.07) is 20.9. The molecule has 0 saturated heterocycles. The highest BCUT2D eigenvalue weighted by Gasteiger charge is 2.39. The largest absolute Gasteiger partial charge is 0.345 e. The Morgan fingerprint density at radius 2 is 1.67 bits per heavy atom. The Kier molecular flexibility index (Phi) is 5.00. The van der Waals surface area contributed by atoms with E-state index in [1.165, 1.54) is 17.5 Å². The molecule has 0 aliphatic heterocycles. The summed E-state index contributed by atoms with van der Waals surface area (Å²) in [4.78, 5) is 14.7. The second-order valence-corrected chi connectivity index (χ2v) is 6.85. The number of benzene rings is 2. The van der Waals surface area contributed by atoms with E-state index in [1.54, 1.807) is 0 Å². The molecule has 0 bridgehead atoms. The molecule has 24 heavy (non-hydrogen) atoms. The van der Waals surface area contributed by atoms with Gasteiger partial charge in [0.25, 0.3) is 0 Å². The van der Waals surface area contributed by atoms with Crippen LogP contribution in [-0.2, 0) is 10.3 Å². The van der Waals surface area contributed by atoms with Gasteiger partial charge in [-0.25, -0.2) is 0 Å². The smallest absolute Gasteiger partial charge is 0.234 e. The minimum Gasteiger partial charge on any atom is -0.345 e. The Labute approximate surface area is 144 Å². The third-order valence-electron chi connectivity index (χ3n) is 5.25. The van der Waals surface area contributed by atoms with Crippen LogP contribution >= 0.6 is 0 Å². The van der Waals surface area contributed by atoms with Gasteiger partial charge in [-0.15, -0.1) is 0 Å². The maximum atomic E-state index is 12.6. The van der Waals surface area contributed by atoms with Crippen molar-refractivity contribution in [2.75, 3.05) is 13.6 Å². The van der Waals surface area contributed by atoms with Gasteiger partial charge in [0.15, 0.2) is 0 Å². The molecule has 1 saturated carbocycles. The standard InChI is InChI=1S/C21H26N2O/c1-17(18-10-5-3-6-11-18)23(2)16-20(24)22-21(14-9-15-21)19-12-7-4-8-13-19/h3-8,10-13,17H,9,14-16H2,1-2H3,(H,22,24). The number of rotatable bonds is 6. The van der Waals surface area contributed by atoms with E-state index in [0.29, 0.717) is 6.54 Å². The van der Waals surface area contributed by atoms with Crippen LogP contribution in [0.25, 0.3) is 0 Å². The third-order valence-corrected chi connectivity index (χ3v) is 5.25. The van der Waals surface area contributed by atoms with E-state index in [9.17, 15) is 4.79 Å². The molecule has 1 aliphatic carbocycles. The molecule has 3 rings (SSSR count). The zero-order valence-corrected chi connectivity index (χ0v) is 14.5. The van der Waals surface area contributed by atoms with Crippen molar-refractivity contribution >= 4 is 5.91 Å². The summed E-state index contributed by atoms with van der Waals surface area (Å²) < 4.78 is 0. The average molecular weight is 322 g/mol. The van der Waals surface area contributed by atoms with Gasteiger partial charge in [0, 0.05) is 6.04 Å². The van der Waals surface area contributed by atoms with Gasteiger partial charge in [0.05, 0.1) is 12.1 Å². The Hall–Kier alpha value is -2.13. The topological polar surface area (TPSA) is 32.3 Å². The first kappa shape index (κ1) is 16.7. The van der Waals surface area contributed by atoms with Gasteiger partial charge in [0.2, 0.25) is 5.91 Å². The van der Waals surface area contributed by atoms with Gasteiger partial charge in [-0.3, -0.25) is 9.69 Å². The molecule has 1 unspecified atom stereocenters. The Morgan fingerprint density at radius 3 is 2.21 bits per heavy atom. The van der Waals surface area contributed by atoms with E-state index >= 15 is 0 Å². The first-order valence-corrected chi connectivity index (χ1v) is 8.72. The maximum absolute atomic E-state index is 12.6. The molecule has 2 aromatic carbocycles. The number of amides is 1. The fraction of sp³-hybridized carbons (Fsp3) is 0.381. The number of likely N-dealkylation sites (N-methyl/N-ethyl adjacent to an activating group) is 1. The number of nitrogens with one attached hydrogen (secondary N) is 1. The van der Waals surface area contributed by atoms with E-state index in [1.807, 2.05) is 43.4 Å². The van der Waals surface area contributed by atoms with E-state index in [4.69, 9.17) is 0 Å². The average Bonchev–Trinajstić information content (AvgIpc) is 2.59. The van der Waals surface area contributed by atoms with Crippen molar-refractivity contribution in [1.29, 1.82) is 0 Å². The van der Waals surface area contributed by atoms with Gasteiger partial charge in [0.1, 0.15) is 0 Å². The molecule has 1 atom stereocenters. The van der Waals surface area contributed by atoms with Crippen molar-refractivity contribution in [1.82, 2.24) is 10.2 Å². The van der Waals surface area contributed by atoms with Gasteiger partial charge in [-0.05, 0) is 44.4 Å². The molecular weight excluding hydrogens is 296 g/mol. The number of hydrogen-bond donors (Lipinski definition) is 1. The lowest BCUT2D eigenvalue weighted by molar-refractivity contribution is -0.125. The zero-order valence-electron chi connectivity index (χ0n) is 14.5. The summed E-state index contributed by atoms with van der Waals surface area (Å²) in [6.45, 7) is 2.55. The lowest BCUT2D eigenvalue weighted by Crippen LogP contribution is -2.53. The zero-order chi connectivity index (χ0) is 17.0. The summed E-state index contributed by atoms with van der Waals surface area (Å²) in [5, 5.41) is 3.30. The molecule has 3 nitrogen and oxygen atoms in total. The van der Waals surface area contributed by atoms with Crippen molar-refractivity contribution in [3.63, 3.8) is 0 Å². The van der Waals surface area contributed by atoms with Crippen LogP contribution in [0.3, 0.4) is 0 Å². The summed E-state index contributed by atoms with van der Waals surface area (Å²) in [6.07, 6.45) is 3.23. The van der Waals surface area contributed by atoms with Crippen molar-refractivity contribution in [3.05, 3.63) is 71.8 Å². The van der Waals surface area contributed by atoms with E-state index in [0.717, 1.165) is 12.8 Å². The summed E-state index contributed by atoms with van der Waals surface area (Å²) >= 11 is 0. The molecule has 1 fully saturated rings. The minimum atomic E-state index is -0.158. The second kappa shape index (κ2) is 7.18. The predicted octanol–water partition coefficient (Wildman–Crippen LogP) is 3.88. The Bertz CT molecular complexity index is 665. The third kappa shape index (κ3) is 3.51. The van der Waals surface area contributed by atoms with Gasteiger partial charge in [-0.2, -0.15) is 0 Å². The minimum absolute atomic E-state index is 0.101. The summed E-state index contributed by atoms with van der Waals surface area (Å²) in [5.74, 6) is 0.101. The van der Waals surface area contributed by atoms with Gasteiger partial charge < -0.3 is 5.32 Å². The van der Waals surface area contributed by atoms with Crippen molar-refractivity contribution < 1.29 is 4.79 Å². The first-order chi connectivity index (χ1) is 11.6. The van der Waals surface area contributed by atoms with Gasteiger partial charge >= 0.3 is 0 Å². The lowest BCUT2D eigenvalue weighted by atomic mass is 9.72. The van der Waals surface area contributed by atoms with Crippen LogP contribution in [-0.4, -0.2) is 24.4 Å². The molecule has 0 spiro atoms. The molecule has 0 aromatic heterocycles. The van der Waals surface area contributed by atoms with Gasteiger partial charge in [-0.1, -0.05) is 60.7 Å². The van der Waals surface area contributed by atoms with Crippen LogP contribution in [0.5, 0.6) is 0 Å². The second-order valence-electron chi connectivity index (χ2n) is 6.85. The Morgan fingerprint density at radius 1 is 1.08 bits per heavy atom. The number of nitrogens with zero attached hydrogens (tertiary/aromatic N) is 1. The molecule has 1 amide bonds. The first-order valence-electron chi connectivity index (χ1n) is 8.72. The highest BCUT2D eigenvalue weighted by Crippen LogP contribution is 2.41. The number of hydrogen-bond acceptors (Lipinski definition) is 2. The highest BCUT2D eigenvalue weighted by atomic mass is 16.2. The van der Waals surface area contributed by atoms with E-state index in [-0.39, 0.29) is 17.5 Å². The van der Waals surface area contributed by atoms with Crippen molar-refractivity contribution in [2.24, 2.45) is 0 Å². The fourth-order valence-corrected chi connectivity index (χ4v) is 3.43. The summed E-state index contributed by atoms with van der Waals surface area (Å²) in [5.41, 5.74) is 2.30. The maximum Gasteiger partial charge on any atom is 0.234 e. The normalized spacial score (nSPS) is 17.1. The molecular formula is C21H26N2O. The molecule has 3 heteroatoms. The summed E-state index contributed by atoms with van der Waals surface area (Å²) in [7, 11) is 2.01. The van der Waals surface area contributed by atoms with Crippen molar-refractivity contribution in [3.8, 4) is 0 Å². The van der Waals surface area contributed by atoms with E-state index in [2.05, 4.69) is 41.4 Å². The lowest BCUT2D eigenvalue weighted by Gasteiger charge is -2.43. The van der Waals surface area contributed by atoms with E-state index < -0.39 is 0 Å². The number of carbonyl (C=O) groups excluding carboxylic acids is 1. The van der Waals surface area contributed by atoms with Crippen LogP contribution < -0.4 is 5.32 Å². The highest BCUT2D eigenvalue weighted by molar-refractivity contribution is 5.79. The fourth-order valence-electron chi connectivity index (χ4n) is 3.43. The molecule has 1 aliphatic rings. The molecule has 0 radical (unpaired) electrons. The predicted molar refractivity (Wildman–Crippen MR) is 97.6 cm³/mol. The molecule has 126 valence electrons. The number of carbonyl (C=O) groups is 1. The van der Waals surface area contributed by atoms with Crippen LogP contribution in [0, 0.1) is 0 Å². The molecule has 1 N–H and O–H groups in total. The van der Waals surface area contributed by atoms with Crippen molar-refractivity contribution in [2.45, 2.75) is 37.8 Å². The quantitative estimate of drug-likeness (QED) is 0.875. The van der Waals surface area contributed by atoms with Crippen LogP contribution in [0.15, 0.2) is 60.7 Å². The van der Waals surface area contributed by atoms with Crippen LogP contribution in [0.4, 0.5) is 0 Å². The van der Waals surface area contributed by atoms with Crippen LogP contribution in [0.2, 0.25) is 0 Å². The molecule has 2 aromatic rings. The SMILES string of the molecule is CC(c1ccccc1)N(C)CC(=O)NC1(c2ccccc2)CCC1.